The van der Waals surface area contributed by atoms with Gasteiger partial charge in [-0.1, -0.05) is 0 Å². The number of nitrogens with one attached hydrogen (secondary N) is 1. The van der Waals surface area contributed by atoms with Crippen LogP contribution in [0.3, 0.4) is 0 Å². The Hall–Kier alpha value is -1.77. The maximum Gasteiger partial charge on any atom is 0.320 e. The predicted octanol–water partition coefficient (Wildman–Crippen LogP) is 3.51. The van der Waals surface area contributed by atoms with Crippen LogP contribution in [0.5, 0.6) is 0 Å². The van der Waals surface area contributed by atoms with Gasteiger partial charge < -0.3 is 14.5 Å². The fourth-order valence-electron chi connectivity index (χ4n) is 5.77. The van der Waals surface area contributed by atoms with Gasteiger partial charge in [-0.15, -0.1) is 0 Å². The van der Waals surface area contributed by atoms with Gasteiger partial charge in [0.1, 0.15) is 5.82 Å². The first-order valence-corrected chi connectivity index (χ1v) is 11.8. The van der Waals surface area contributed by atoms with Crippen molar-refractivity contribution in [3.05, 3.63) is 11.6 Å². The third-order valence-corrected chi connectivity index (χ3v) is 8.05. The van der Waals surface area contributed by atoms with E-state index < -0.39 is 5.92 Å². The fourth-order valence-corrected chi connectivity index (χ4v) is 5.77. The van der Waals surface area contributed by atoms with Crippen LogP contribution in [0.1, 0.15) is 74.9 Å². The van der Waals surface area contributed by atoms with Crippen molar-refractivity contribution in [3.8, 4) is 0 Å². The highest BCUT2D eigenvalue weighted by molar-refractivity contribution is 5.76. The SMILES string of the molecule is O=C(N1CC(OCC2CCC(F)(F)CC2)C1)N1CC2(CC(c3n[nH]c(C4CC4)n3)C2)C1. The number of halogens is 2. The topological polar surface area (TPSA) is 74.3 Å². The second kappa shape index (κ2) is 7.12. The van der Waals surface area contributed by atoms with Crippen LogP contribution in [0.25, 0.3) is 0 Å². The van der Waals surface area contributed by atoms with Crippen molar-refractivity contribution >= 4 is 6.03 Å². The lowest BCUT2D eigenvalue weighted by Gasteiger charge is -2.59. The summed E-state index contributed by atoms with van der Waals surface area (Å²) in [4.78, 5) is 21.2. The number of aromatic nitrogens is 3. The van der Waals surface area contributed by atoms with Crippen molar-refractivity contribution < 1.29 is 18.3 Å². The summed E-state index contributed by atoms with van der Waals surface area (Å²) in [5, 5.41) is 7.52. The van der Waals surface area contributed by atoms with Gasteiger partial charge in [0.15, 0.2) is 5.82 Å². The first-order valence-electron chi connectivity index (χ1n) is 11.8. The van der Waals surface area contributed by atoms with Gasteiger partial charge in [-0.2, -0.15) is 5.10 Å². The van der Waals surface area contributed by atoms with Crippen molar-refractivity contribution in [2.45, 2.75) is 75.2 Å². The highest BCUT2D eigenvalue weighted by Crippen LogP contribution is 2.55. The molecule has 1 N–H and O–H groups in total. The zero-order valence-corrected chi connectivity index (χ0v) is 17.9. The van der Waals surface area contributed by atoms with Gasteiger partial charge in [0.2, 0.25) is 5.92 Å². The standard InChI is InChI=1S/C22H31F2N5O2/c23-22(24)5-3-14(4-6-22)11-31-17-9-28(10-17)20(30)29-12-21(13-29)7-16(8-21)19-25-18(26-27-19)15-1-2-15/h14-17H,1-13H2,(H,25,26,27). The number of rotatable bonds is 5. The Morgan fingerprint density at radius 1 is 1.06 bits per heavy atom. The summed E-state index contributed by atoms with van der Waals surface area (Å²) < 4.78 is 32.4. The van der Waals surface area contributed by atoms with Crippen LogP contribution in [0.15, 0.2) is 0 Å². The van der Waals surface area contributed by atoms with E-state index >= 15 is 0 Å². The van der Waals surface area contributed by atoms with Crippen molar-refractivity contribution in [2.75, 3.05) is 32.8 Å². The van der Waals surface area contributed by atoms with Gasteiger partial charge in [0.25, 0.3) is 0 Å². The van der Waals surface area contributed by atoms with E-state index in [2.05, 4.69) is 15.2 Å². The number of urea groups is 1. The Morgan fingerprint density at radius 2 is 1.77 bits per heavy atom. The highest BCUT2D eigenvalue weighted by atomic mass is 19.3. The Labute approximate surface area is 180 Å². The van der Waals surface area contributed by atoms with Gasteiger partial charge in [0, 0.05) is 49.8 Å². The second-order valence-corrected chi connectivity index (χ2v) is 10.8. The molecule has 0 radical (unpaired) electrons. The summed E-state index contributed by atoms with van der Waals surface area (Å²) in [6.07, 6.45) is 5.68. The average molecular weight is 436 g/mol. The Morgan fingerprint density at radius 3 is 2.45 bits per heavy atom. The first-order chi connectivity index (χ1) is 14.9. The van der Waals surface area contributed by atoms with E-state index in [4.69, 9.17) is 4.74 Å². The van der Waals surface area contributed by atoms with Gasteiger partial charge >= 0.3 is 6.03 Å². The van der Waals surface area contributed by atoms with Gasteiger partial charge in [-0.3, -0.25) is 5.10 Å². The summed E-state index contributed by atoms with van der Waals surface area (Å²) in [6, 6.07) is 0.111. The molecule has 2 aliphatic heterocycles. The third-order valence-electron chi connectivity index (χ3n) is 8.05. The summed E-state index contributed by atoms with van der Waals surface area (Å²) in [7, 11) is 0. The number of nitrogens with zero attached hydrogens (tertiary/aromatic N) is 4. The number of ether oxygens (including phenoxy) is 1. The minimum Gasteiger partial charge on any atom is -0.374 e. The van der Waals surface area contributed by atoms with Gasteiger partial charge in [-0.05, 0) is 44.4 Å². The number of alkyl halides is 2. The van der Waals surface area contributed by atoms with E-state index in [1.165, 1.54) is 12.8 Å². The van der Waals surface area contributed by atoms with E-state index in [1.807, 2.05) is 9.80 Å². The van der Waals surface area contributed by atoms with Gasteiger partial charge in [0.05, 0.1) is 19.2 Å². The summed E-state index contributed by atoms with van der Waals surface area (Å²) >= 11 is 0. The van der Waals surface area contributed by atoms with Crippen LogP contribution >= 0.6 is 0 Å². The molecule has 0 unspecified atom stereocenters. The lowest BCUT2D eigenvalue weighted by Crippen LogP contribution is -2.68. The number of amides is 2. The molecule has 0 bridgehead atoms. The molecule has 3 heterocycles. The molecular formula is C22H31F2N5O2. The summed E-state index contributed by atoms with van der Waals surface area (Å²) in [5.41, 5.74) is 0.268. The molecule has 6 rings (SSSR count). The molecule has 1 spiro atoms. The molecule has 1 aromatic heterocycles. The van der Waals surface area contributed by atoms with Crippen molar-refractivity contribution in [1.82, 2.24) is 25.0 Å². The first kappa shape index (κ1) is 19.9. The van der Waals surface area contributed by atoms with Gasteiger partial charge in [-0.25, -0.2) is 18.6 Å². The quantitative estimate of drug-likeness (QED) is 0.768. The summed E-state index contributed by atoms with van der Waals surface area (Å²) in [6.45, 7) is 3.45. The summed E-state index contributed by atoms with van der Waals surface area (Å²) in [5.74, 6) is 0.792. The molecule has 3 aliphatic carbocycles. The van der Waals surface area contributed by atoms with Crippen molar-refractivity contribution in [3.63, 3.8) is 0 Å². The van der Waals surface area contributed by atoms with Crippen molar-refractivity contribution in [2.24, 2.45) is 11.3 Å². The number of hydrogen-bond acceptors (Lipinski definition) is 4. The Balaban J connectivity index is 0.889. The normalized spacial score (nSPS) is 28.3. The molecule has 9 heteroatoms. The van der Waals surface area contributed by atoms with Crippen LogP contribution < -0.4 is 0 Å². The Kier molecular flexibility index (Phi) is 4.56. The molecule has 31 heavy (non-hydrogen) atoms. The molecule has 2 amide bonds. The molecule has 7 nitrogen and oxygen atoms in total. The van der Waals surface area contributed by atoms with E-state index in [-0.39, 0.29) is 36.3 Å². The van der Waals surface area contributed by atoms with Crippen LogP contribution in [0.2, 0.25) is 0 Å². The van der Waals surface area contributed by atoms with Crippen molar-refractivity contribution in [1.29, 1.82) is 0 Å². The number of carbonyl (C=O) groups is 1. The molecule has 0 atom stereocenters. The molecule has 5 aliphatic rings. The van der Waals surface area contributed by atoms with Crippen LogP contribution in [-0.4, -0.2) is 75.8 Å². The number of carbonyl (C=O) groups excluding carboxylic acids is 1. The zero-order valence-electron chi connectivity index (χ0n) is 17.9. The Bertz CT molecular complexity index is 827. The number of H-pyrrole nitrogens is 1. The van der Waals surface area contributed by atoms with E-state index in [0.29, 0.717) is 44.4 Å². The van der Waals surface area contributed by atoms with Crippen LogP contribution in [-0.2, 0) is 4.74 Å². The lowest BCUT2D eigenvalue weighted by atomic mass is 9.57. The van der Waals surface area contributed by atoms with E-state index in [0.717, 1.165) is 37.6 Å². The van der Waals surface area contributed by atoms with E-state index in [9.17, 15) is 13.6 Å². The molecular weight excluding hydrogens is 404 g/mol. The van der Waals surface area contributed by atoms with Crippen LogP contribution in [0.4, 0.5) is 13.6 Å². The number of hydrogen-bond donors (Lipinski definition) is 1. The molecule has 2 saturated heterocycles. The zero-order chi connectivity index (χ0) is 21.2. The molecule has 1 aromatic rings. The molecule has 5 fully saturated rings. The highest BCUT2D eigenvalue weighted by Gasteiger charge is 2.56. The lowest BCUT2D eigenvalue weighted by molar-refractivity contribution is -0.0945. The second-order valence-electron chi connectivity index (χ2n) is 10.8. The fraction of sp³-hybridized carbons (Fsp3) is 0.864. The molecule has 170 valence electrons. The number of likely N-dealkylation sites (tertiary alicyclic amines) is 2. The molecule has 0 aromatic carbocycles. The third kappa shape index (κ3) is 3.83. The minimum absolute atomic E-state index is 0.0221. The predicted molar refractivity (Wildman–Crippen MR) is 108 cm³/mol. The maximum atomic E-state index is 13.2. The maximum absolute atomic E-state index is 13.2. The van der Waals surface area contributed by atoms with Crippen LogP contribution in [0, 0.1) is 11.3 Å². The average Bonchev–Trinajstić information content (AvgIpc) is 3.37. The largest absolute Gasteiger partial charge is 0.374 e. The number of aromatic amines is 1. The monoisotopic (exact) mass is 435 g/mol. The molecule has 3 saturated carbocycles. The van der Waals surface area contributed by atoms with E-state index in [1.54, 1.807) is 0 Å². The smallest absolute Gasteiger partial charge is 0.320 e. The minimum atomic E-state index is -2.49.